The molecule has 0 spiro atoms. The molecule has 0 bridgehead atoms. The molecule has 3 N–H and O–H groups in total. The summed E-state index contributed by atoms with van der Waals surface area (Å²) in [6.45, 7) is 10.7. The maximum absolute atomic E-state index is 5.97. The van der Waals surface area contributed by atoms with Gasteiger partial charge in [0.25, 0.3) is 0 Å². The third-order valence-electron chi connectivity index (χ3n) is 4.78. The summed E-state index contributed by atoms with van der Waals surface area (Å²) in [6, 6.07) is 8.57. The predicted molar refractivity (Wildman–Crippen MR) is 105 cm³/mol. The van der Waals surface area contributed by atoms with Crippen LogP contribution in [0.2, 0.25) is 0 Å². The second-order valence-electron chi connectivity index (χ2n) is 6.91. The molecule has 0 radical (unpaired) electrons. The molecule has 1 heterocycles. The highest BCUT2D eigenvalue weighted by atomic mass is 16.5. The molecule has 1 aliphatic rings. The average Bonchev–Trinajstić information content (AvgIpc) is 2.63. The fourth-order valence-corrected chi connectivity index (χ4v) is 3.09. The van der Waals surface area contributed by atoms with Crippen LogP contribution in [0.1, 0.15) is 44.2 Å². The summed E-state index contributed by atoms with van der Waals surface area (Å²) in [6.07, 6.45) is 3.55. The Bertz CT molecular complexity index is 524. The second-order valence-corrected chi connectivity index (χ2v) is 6.91. The fourth-order valence-electron chi connectivity index (χ4n) is 3.09. The van der Waals surface area contributed by atoms with Gasteiger partial charge in [0, 0.05) is 26.3 Å². The number of nitrogens with one attached hydrogen (secondary N) is 1. The summed E-state index contributed by atoms with van der Waals surface area (Å²) in [5, 5.41) is 3.15. The van der Waals surface area contributed by atoms with E-state index in [1.54, 1.807) is 0 Å². The highest BCUT2D eigenvalue weighted by Gasteiger charge is 2.16. The van der Waals surface area contributed by atoms with E-state index in [0.29, 0.717) is 12.5 Å². The number of likely N-dealkylation sites (tertiary alicyclic amines) is 1. The molecule has 1 aromatic carbocycles. The van der Waals surface area contributed by atoms with Crippen molar-refractivity contribution in [1.82, 2.24) is 10.2 Å². The molecule has 0 unspecified atom stereocenters. The van der Waals surface area contributed by atoms with Crippen molar-refractivity contribution in [1.29, 1.82) is 0 Å². The van der Waals surface area contributed by atoms with E-state index in [1.165, 1.54) is 37.1 Å². The monoisotopic (exact) mass is 346 g/mol. The van der Waals surface area contributed by atoms with Crippen molar-refractivity contribution in [2.45, 2.75) is 46.2 Å². The van der Waals surface area contributed by atoms with Crippen LogP contribution in [0.15, 0.2) is 29.3 Å². The van der Waals surface area contributed by atoms with Gasteiger partial charge in [-0.25, -0.2) is 4.99 Å². The maximum atomic E-state index is 5.97. The van der Waals surface area contributed by atoms with Gasteiger partial charge in [-0.3, -0.25) is 4.90 Å². The van der Waals surface area contributed by atoms with E-state index >= 15 is 0 Å². The molecule has 0 aromatic heterocycles. The van der Waals surface area contributed by atoms with E-state index in [1.807, 2.05) is 6.92 Å². The van der Waals surface area contributed by atoms with Crippen LogP contribution in [0.3, 0.4) is 0 Å². The number of guanidine groups is 1. The number of nitrogens with zero attached hydrogens (tertiary/aromatic N) is 2. The average molecular weight is 347 g/mol. The lowest BCUT2D eigenvalue weighted by molar-refractivity contribution is 0.145. The SMILES string of the molecule is CCOCCCNC(N)=NCc1ccccc1CN1CCC(C)CC1. The molecule has 5 nitrogen and oxygen atoms in total. The molecule has 140 valence electrons. The zero-order valence-corrected chi connectivity index (χ0v) is 15.8. The van der Waals surface area contributed by atoms with Crippen molar-refractivity contribution in [3.05, 3.63) is 35.4 Å². The summed E-state index contributed by atoms with van der Waals surface area (Å²) < 4.78 is 5.31. The van der Waals surface area contributed by atoms with Crippen LogP contribution in [-0.4, -0.2) is 43.7 Å². The molecule has 1 saturated heterocycles. The first-order chi connectivity index (χ1) is 12.2. The molecule has 0 saturated carbocycles. The molecule has 0 amide bonds. The number of piperidine rings is 1. The fraction of sp³-hybridized carbons (Fsp3) is 0.650. The van der Waals surface area contributed by atoms with Gasteiger partial charge in [0.05, 0.1) is 6.54 Å². The van der Waals surface area contributed by atoms with E-state index in [4.69, 9.17) is 10.5 Å². The highest BCUT2D eigenvalue weighted by Crippen LogP contribution is 2.20. The Kier molecular flexibility index (Phi) is 8.77. The molecule has 5 heteroatoms. The van der Waals surface area contributed by atoms with Crippen LogP contribution in [0.25, 0.3) is 0 Å². The van der Waals surface area contributed by atoms with Crippen LogP contribution >= 0.6 is 0 Å². The normalized spacial score (nSPS) is 17.0. The van der Waals surface area contributed by atoms with Gasteiger partial charge in [-0.15, -0.1) is 0 Å². The summed E-state index contributed by atoms with van der Waals surface area (Å²) >= 11 is 0. The predicted octanol–water partition coefficient (Wildman–Crippen LogP) is 2.75. The molecule has 1 aliphatic heterocycles. The largest absolute Gasteiger partial charge is 0.382 e. The van der Waals surface area contributed by atoms with Gasteiger partial charge in [0.15, 0.2) is 5.96 Å². The third-order valence-corrected chi connectivity index (χ3v) is 4.78. The zero-order valence-electron chi connectivity index (χ0n) is 15.8. The van der Waals surface area contributed by atoms with E-state index < -0.39 is 0 Å². The molecule has 2 rings (SSSR count). The summed E-state index contributed by atoms with van der Waals surface area (Å²) in [7, 11) is 0. The highest BCUT2D eigenvalue weighted by molar-refractivity contribution is 5.77. The van der Waals surface area contributed by atoms with Gasteiger partial charge in [0.2, 0.25) is 0 Å². The lowest BCUT2D eigenvalue weighted by atomic mass is 9.98. The van der Waals surface area contributed by atoms with Crippen molar-refractivity contribution < 1.29 is 4.74 Å². The van der Waals surface area contributed by atoms with E-state index in [0.717, 1.165) is 38.6 Å². The zero-order chi connectivity index (χ0) is 17.9. The quantitative estimate of drug-likeness (QED) is 0.410. The van der Waals surface area contributed by atoms with Gasteiger partial charge < -0.3 is 15.8 Å². The van der Waals surface area contributed by atoms with Gasteiger partial charge in [-0.2, -0.15) is 0 Å². The molecular formula is C20H34N4O. The second kappa shape index (κ2) is 11.1. The molecule has 1 fully saturated rings. The Labute approximate surface area is 152 Å². The first-order valence-corrected chi connectivity index (χ1v) is 9.59. The van der Waals surface area contributed by atoms with Crippen LogP contribution in [0, 0.1) is 5.92 Å². The minimum Gasteiger partial charge on any atom is -0.382 e. The van der Waals surface area contributed by atoms with Crippen molar-refractivity contribution in [2.24, 2.45) is 16.6 Å². The Morgan fingerprint density at radius 2 is 2.00 bits per heavy atom. The lowest BCUT2D eigenvalue weighted by Gasteiger charge is -2.30. The molecule has 25 heavy (non-hydrogen) atoms. The summed E-state index contributed by atoms with van der Waals surface area (Å²) in [5.74, 6) is 1.38. The van der Waals surface area contributed by atoms with Gasteiger partial charge in [-0.05, 0) is 56.3 Å². The Balaban J connectivity index is 1.82. The van der Waals surface area contributed by atoms with Crippen molar-refractivity contribution in [2.75, 3.05) is 32.8 Å². The van der Waals surface area contributed by atoms with Gasteiger partial charge in [-0.1, -0.05) is 31.2 Å². The van der Waals surface area contributed by atoms with Crippen molar-refractivity contribution in [3.8, 4) is 0 Å². The van der Waals surface area contributed by atoms with Crippen LogP contribution in [0.4, 0.5) is 0 Å². The Morgan fingerprint density at radius 1 is 1.28 bits per heavy atom. The van der Waals surface area contributed by atoms with Crippen molar-refractivity contribution in [3.63, 3.8) is 0 Å². The maximum Gasteiger partial charge on any atom is 0.188 e. The van der Waals surface area contributed by atoms with E-state index in [2.05, 4.69) is 46.4 Å². The number of benzene rings is 1. The van der Waals surface area contributed by atoms with Crippen molar-refractivity contribution >= 4 is 5.96 Å². The standard InChI is InChI=1S/C20H34N4O/c1-3-25-14-6-11-22-20(21)23-15-18-7-4-5-8-19(18)16-24-12-9-17(2)10-13-24/h4-5,7-8,17H,3,6,9-16H2,1-2H3,(H3,21,22,23). The molecule has 0 aliphatic carbocycles. The lowest BCUT2D eigenvalue weighted by Crippen LogP contribution is -2.33. The first-order valence-electron chi connectivity index (χ1n) is 9.59. The summed E-state index contributed by atoms with van der Waals surface area (Å²) in [4.78, 5) is 7.06. The van der Waals surface area contributed by atoms with E-state index in [9.17, 15) is 0 Å². The molecular weight excluding hydrogens is 312 g/mol. The Hall–Kier alpha value is -1.59. The van der Waals surface area contributed by atoms with Gasteiger partial charge in [0.1, 0.15) is 0 Å². The number of hydrogen-bond acceptors (Lipinski definition) is 3. The summed E-state index contributed by atoms with van der Waals surface area (Å²) in [5.41, 5.74) is 8.60. The number of ether oxygens (including phenoxy) is 1. The van der Waals surface area contributed by atoms with Crippen LogP contribution in [-0.2, 0) is 17.8 Å². The minimum absolute atomic E-state index is 0.512. The number of rotatable bonds is 9. The van der Waals surface area contributed by atoms with E-state index in [-0.39, 0.29) is 0 Å². The number of aliphatic imine (C=N–C) groups is 1. The van der Waals surface area contributed by atoms with Crippen LogP contribution < -0.4 is 11.1 Å². The first kappa shape index (κ1) is 19.7. The number of hydrogen-bond donors (Lipinski definition) is 2. The smallest absolute Gasteiger partial charge is 0.188 e. The molecule has 0 atom stereocenters. The van der Waals surface area contributed by atoms with Crippen LogP contribution in [0.5, 0.6) is 0 Å². The minimum atomic E-state index is 0.512. The topological polar surface area (TPSA) is 62.9 Å². The number of nitrogens with two attached hydrogens (primary N) is 1. The molecule has 1 aromatic rings. The van der Waals surface area contributed by atoms with Gasteiger partial charge >= 0.3 is 0 Å². The third kappa shape index (κ3) is 7.45. The Morgan fingerprint density at radius 3 is 2.72 bits per heavy atom.